The molecule has 0 aliphatic carbocycles. The van der Waals surface area contributed by atoms with E-state index in [1.807, 2.05) is 12.1 Å². The zero-order chi connectivity index (χ0) is 15.8. The highest BCUT2D eigenvalue weighted by Gasteiger charge is 2.30. The van der Waals surface area contributed by atoms with E-state index in [0.717, 1.165) is 31.4 Å². The topological polar surface area (TPSA) is 64.6 Å². The number of esters is 1. The van der Waals surface area contributed by atoms with Gasteiger partial charge in [0.25, 0.3) is 5.91 Å². The molecule has 1 N–H and O–H groups in total. The molecule has 1 aliphatic heterocycles. The lowest BCUT2D eigenvalue weighted by molar-refractivity contribution is -0.130. The number of cyclic esters (lactones) is 1. The van der Waals surface area contributed by atoms with Crippen LogP contribution in [0.5, 0.6) is 0 Å². The van der Waals surface area contributed by atoms with E-state index in [0.29, 0.717) is 25.1 Å². The third-order valence-electron chi connectivity index (χ3n) is 3.59. The van der Waals surface area contributed by atoms with Gasteiger partial charge in [0.2, 0.25) is 0 Å². The molecule has 0 radical (unpaired) electrons. The summed E-state index contributed by atoms with van der Waals surface area (Å²) in [5.74, 6) is -0.665. The standard InChI is InChI=1S/C17H23NO4/c1-2-3-10-21-11-6-9-18-16(19)15-12-13-7-4-5-8-14(13)17(20)22-15/h4-5,7-8,15H,2-3,6,9-12H2,1H3,(H,18,19). The highest BCUT2D eigenvalue weighted by Crippen LogP contribution is 2.20. The number of amides is 1. The lowest BCUT2D eigenvalue weighted by atomic mass is 9.98. The second-order valence-corrected chi connectivity index (χ2v) is 5.37. The molecule has 5 heteroatoms. The van der Waals surface area contributed by atoms with Crippen LogP contribution in [0, 0.1) is 0 Å². The molecule has 0 bridgehead atoms. The van der Waals surface area contributed by atoms with Gasteiger partial charge in [0.15, 0.2) is 6.10 Å². The quantitative estimate of drug-likeness (QED) is 0.590. The minimum absolute atomic E-state index is 0.239. The van der Waals surface area contributed by atoms with Gasteiger partial charge in [-0.25, -0.2) is 4.79 Å². The first kappa shape index (κ1) is 16.5. The summed E-state index contributed by atoms with van der Waals surface area (Å²) in [6.07, 6.45) is 2.63. The first-order valence-corrected chi connectivity index (χ1v) is 7.86. The Hall–Kier alpha value is -1.88. The fourth-order valence-corrected chi connectivity index (χ4v) is 2.33. The van der Waals surface area contributed by atoms with Crippen molar-refractivity contribution in [2.75, 3.05) is 19.8 Å². The zero-order valence-electron chi connectivity index (χ0n) is 13.0. The van der Waals surface area contributed by atoms with E-state index in [4.69, 9.17) is 9.47 Å². The Labute approximate surface area is 131 Å². The first-order valence-electron chi connectivity index (χ1n) is 7.86. The number of nitrogens with one attached hydrogen (secondary N) is 1. The number of benzene rings is 1. The molecule has 1 aromatic carbocycles. The molecule has 0 saturated heterocycles. The van der Waals surface area contributed by atoms with Crippen molar-refractivity contribution < 1.29 is 19.1 Å². The van der Waals surface area contributed by atoms with E-state index in [2.05, 4.69) is 12.2 Å². The van der Waals surface area contributed by atoms with E-state index >= 15 is 0 Å². The molecule has 1 unspecified atom stereocenters. The second kappa shape index (κ2) is 8.54. The summed E-state index contributed by atoms with van der Waals surface area (Å²) >= 11 is 0. The third kappa shape index (κ3) is 4.56. The molecule has 120 valence electrons. The van der Waals surface area contributed by atoms with E-state index < -0.39 is 12.1 Å². The predicted molar refractivity (Wildman–Crippen MR) is 82.7 cm³/mol. The summed E-state index contributed by atoms with van der Waals surface area (Å²) in [5, 5.41) is 2.80. The predicted octanol–water partition coefficient (Wildman–Crippen LogP) is 2.09. The van der Waals surface area contributed by atoms with Crippen LogP contribution in [0.3, 0.4) is 0 Å². The number of fused-ring (bicyclic) bond motifs is 1. The van der Waals surface area contributed by atoms with Crippen LogP contribution >= 0.6 is 0 Å². The summed E-state index contributed by atoms with van der Waals surface area (Å²) in [6, 6.07) is 7.23. The first-order chi connectivity index (χ1) is 10.7. The van der Waals surface area contributed by atoms with Crippen LogP contribution in [-0.2, 0) is 20.7 Å². The van der Waals surface area contributed by atoms with Gasteiger partial charge in [-0.1, -0.05) is 31.5 Å². The van der Waals surface area contributed by atoms with Crippen molar-refractivity contribution >= 4 is 11.9 Å². The van der Waals surface area contributed by atoms with Gasteiger partial charge in [-0.15, -0.1) is 0 Å². The van der Waals surface area contributed by atoms with Crippen LogP contribution in [-0.4, -0.2) is 37.7 Å². The summed E-state index contributed by atoms with van der Waals surface area (Å²) in [7, 11) is 0. The van der Waals surface area contributed by atoms with Gasteiger partial charge in [0.05, 0.1) is 5.56 Å². The SMILES string of the molecule is CCCCOCCCNC(=O)C1Cc2ccccc2C(=O)O1. The largest absolute Gasteiger partial charge is 0.448 e. The Morgan fingerprint density at radius 2 is 2.09 bits per heavy atom. The molecule has 2 rings (SSSR count). The Morgan fingerprint density at radius 3 is 2.91 bits per heavy atom. The average Bonchev–Trinajstić information content (AvgIpc) is 2.54. The van der Waals surface area contributed by atoms with Crippen molar-refractivity contribution in [2.45, 2.75) is 38.7 Å². The summed E-state index contributed by atoms with van der Waals surface area (Å²) in [6.45, 7) is 4.04. The molecule has 1 heterocycles. The second-order valence-electron chi connectivity index (χ2n) is 5.37. The van der Waals surface area contributed by atoms with E-state index in [9.17, 15) is 9.59 Å². The average molecular weight is 305 g/mol. The van der Waals surface area contributed by atoms with Gasteiger partial charge in [-0.05, 0) is 24.5 Å². The molecule has 22 heavy (non-hydrogen) atoms. The number of rotatable bonds is 8. The number of ether oxygens (including phenoxy) is 2. The third-order valence-corrected chi connectivity index (χ3v) is 3.59. The van der Waals surface area contributed by atoms with Gasteiger partial charge in [0.1, 0.15) is 0 Å². The van der Waals surface area contributed by atoms with Gasteiger partial charge < -0.3 is 14.8 Å². The van der Waals surface area contributed by atoms with E-state index in [-0.39, 0.29) is 5.91 Å². The Balaban J connectivity index is 1.72. The minimum Gasteiger partial charge on any atom is -0.448 e. The van der Waals surface area contributed by atoms with E-state index in [1.165, 1.54) is 0 Å². The number of unbranched alkanes of at least 4 members (excludes halogenated alkanes) is 1. The summed E-state index contributed by atoms with van der Waals surface area (Å²) < 4.78 is 10.6. The van der Waals surface area contributed by atoms with Gasteiger partial charge in [0, 0.05) is 26.2 Å². The van der Waals surface area contributed by atoms with Crippen LogP contribution in [0.2, 0.25) is 0 Å². The maximum Gasteiger partial charge on any atom is 0.339 e. The molecule has 1 atom stereocenters. The van der Waals surface area contributed by atoms with Gasteiger partial charge >= 0.3 is 5.97 Å². The highest BCUT2D eigenvalue weighted by molar-refractivity contribution is 5.95. The van der Waals surface area contributed by atoms with Crippen molar-refractivity contribution in [1.29, 1.82) is 0 Å². The molecule has 0 spiro atoms. The number of carbonyl (C=O) groups excluding carboxylic acids is 2. The number of carbonyl (C=O) groups is 2. The molecule has 0 aromatic heterocycles. The zero-order valence-corrected chi connectivity index (χ0v) is 13.0. The van der Waals surface area contributed by atoms with E-state index in [1.54, 1.807) is 12.1 Å². The Morgan fingerprint density at radius 1 is 1.32 bits per heavy atom. The molecule has 0 saturated carbocycles. The monoisotopic (exact) mass is 305 g/mol. The fraction of sp³-hybridized carbons (Fsp3) is 0.529. The maximum atomic E-state index is 12.1. The molecular formula is C17H23NO4. The molecule has 1 amide bonds. The van der Waals surface area contributed by atoms with Crippen LogP contribution in [0.15, 0.2) is 24.3 Å². The van der Waals surface area contributed by atoms with Crippen molar-refractivity contribution in [3.63, 3.8) is 0 Å². The Bertz CT molecular complexity index is 515. The maximum absolute atomic E-state index is 12.1. The fourth-order valence-electron chi connectivity index (χ4n) is 2.33. The number of hydrogen-bond donors (Lipinski definition) is 1. The van der Waals surface area contributed by atoms with Crippen LogP contribution < -0.4 is 5.32 Å². The van der Waals surface area contributed by atoms with Crippen molar-refractivity contribution in [1.82, 2.24) is 5.32 Å². The minimum atomic E-state index is -0.733. The molecule has 0 fully saturated rings. The Kier molecular flexibility index (Phi) is 6.40. The number of hydrogen-bond acceptors (Lipinski definition) is 4. The van der Waals surface area contributed by atoms with Crippen LogP contribution in [0.25, 0.3) is 0 Å². The lowest BCUT2D eigenvalue weighted by Crippen LogP contribution is -2.42. The molecular weight excluding hydrogens is 282 g/mol. The smallest absolute Gasteiger partial charge is 0.339 e. The molecule has 1 aromatic rings. The van der Waals surface area contributed by atoms with Gasteiger partial charge in [-0.3, -0.25) is 4.79 Å². The van der Waals surface area contributed by atoms with Crippen LogP contribution in [0.4, 0.5) is 0 Å². The molecule has 1 aliphatic rings. The normalized spacial score (nSPS) is 16.8. The summed E-state index contributed by atoms with van der Waals surface area (Å²) in [4.78, 5) is 23.9. The van der Waals surface area contributed by atoms with Crippen molar-refractivity contribution in [3.05, 3.63) is 35.4 Å². The highest BCUT2D eigenvalue weighted by atomic mass is 16.5. The van der Waals surface area contributed by atoms with Crippen molar-refractivity contribution in [3.8, 4) is 0 Å². The van der Waals surface area contributed by atoms with Gasteiger partial charge in [-0.2, -0.15) is 0 Å². The van der Waals surface area contributed by atoms with Crippen molar-refractivity contribution in [2.24, 2.45) is 0 Å². The lowest BCUT2D eigenvalue weighted by Gasteiger charge is -2.23. The van der Waals surface area contributed by atoms with Crippen LogP contribution in [0.1, 0.15) is 42.1 Å². The molecule has 5 nitrogen and oxygen atoms in total. The summed E-state index contributed by atoms with van der Waals surface area (Å²) in [5.41, 5.74) is 1.41.